The van der Waals surface area contributed by atoms with Crippen LogP contribution in [-0.2, 0) is 11.4 Å². The Kier molecular flexibility index (Phi) is 4.05. The summed E-state index contributed by atoms with van der Waals surface area (Å²) in [6.07, 6.45) is 1.18. The van der Waals surface area contributed by atoms with E-state index in [-0.39, 0.29) is 25.4 Å². The van der Waals surface area contributed by atoms with Gasteiger partial charge in [0, 0.05) is 23.6 Å². The van der Waals surface area contributed by atoms with Crippen molar-refractivity contribution >= 4 is 22.8 Å². The Morgan fingerprint density at radius 3 is 2.65 bits per heavy atom. The minimum Gasteiger partial charge on any atom is -0.495 e. The molecule has 0 saturated carbocycles. The smallest absolute Gasteiger partial charge is 0.303 e. The summed E-state index contributed by atoms with van der Waals surface area (Å²) in [5.74, 6) is -0.864. The third-order valence-electron chi connectivity index (χ3n) is 3.08. The first-order chi connectivity index (χ1) is 9.58. The summed E-state index contributed by atoms with van der Waals surface area (Å²) in [6.45, 7) is -0.205. The molecule has 6 heteroatoms. The Morgan fingerprint density at radius 1 is 1.30 bits per heavy atom. The van der Waals surface area contributed by atoms with Crippen molar-refractivity contribution in [3.8, 4) is 5.75 Å². The van der Waals surface area contributed by atoms with E-state index in [2.05, 4.69) is 0 Å². The predicted molar refractivity (Wildman–Crippen MR) is 71.9 cm³/mol. The molecule has 0 spiro atoms. The van der Waals surface area contributed by atoms with E-state index in [1.54, 1.807) is 18.2 Å². The van der Waals surface area contributed by atoms with Crippen LogP contribution in [0.3, 0.4) is 0 Å². The third kappa shape index (κ3) is 2.50. The van der Waals surface area contributed by atoms with Gasteiger partial charge in [0.1, 0.15) is 5.75 Å². The van der Waals surface area contributed by atoms with Crippen molar-refractivity contribution in [2.24, 2.45) is 0 Å². The Bertz CT molecular complexity index is 659. The maximum atomic E-state index is 12.1. The second-order valence-corrected chi connectivity index (χ2v) is 4.33. The number of aliphatic hydroxyl groups is 1. The molecule has 0 aliphatic rings. The summed E-state index contributed by atoms with van der Waals surface area (Å²) in [4.78, 5) is 22.7. The first kappa shape index (κ1) is 14.1. The van der Waals surface area contributed by atoms with Gasteiger partial charge >= 0.3 is 5.97 Å². The average Bonchev–Trinajstić information content (AvgIpc) is 2.83. The lowest BCUT2D eigenvalue weighted by molar-refractivity contribution is -0.136. The number of para-hydroxylation sites is 1. The molecule has 1 aromatic heterocycles. The minimum atomic E-state index is -1.02. The van der Waals surface area contributed by atoms with Crippen LogP contribution in [0.1, 0.15) is 23.2 Å². The summed E-state index contributed by atoms with van der Waals surface area (Å²) in [5.41, 5.74) is 1.15. The molecular formula is C14H15NO5. The fourth-order valence-corrected chi connectivity index (χ4v) is 2.14. The van der Waals surface area contributed by atoms with Gasteiger partial charge in [0.15, 0.2) is 0 Å². The van der Waals surface area contributed by atoms with Gasteiger partial charge in [-0.1, -0.05) is 12.1 Å². The molecule has 20 heavy (non-hydrogen) atoms. The molecule has 0 amide bonds. The van der Waals surface area contributed by atoms with Gasteiger partial charge in [-0.25, -0.2) is 0 Å². The van der Waals surface area contributed by atoms with Gasteiger partial charge in [-0.05, 0) is 6.07 Å². The van der Waals surface area contributed by atoms with E-state index >= 15 is 0 Å². The summed E-state index contributed by atoms with van der Waals surface area (Å²) in [6, 6.07) is 5.27. The topological polar surface area (TPSA) is 88.8 Å². The molecule has 0 aliphatic carbocycles. The fourth-order valence-electron chi connectivity index (χ4n) is 2.14. The highest BCUT2D eigenvalue weighted by Gasteiger charge is 2.17. The minimum absolute atomic E-state index is 0.109. The number of hydrogen-bond donors (Lipinski definition) is 2. The molecular weight excluding hydrogens is 262 g/mol. The first-order valence-corrected chi connectivity index (χ1v) is 6.11. The van der Waals surface area contributed by atoms with Crippen LogP contribution in [0.2, 0.25) is 0 Å². The van der Waals surface area contributed by atoms with Gasteiger partial charge in [0.2, 0.25) is 5.91 Å². The van der Waals surface area contributed by atoms with Crippen molar-refractivity contribution < 1.29 is 24.5 Å². The second-order valence-electron chi connectivity index (χ2n) is 4.33. The fraction of sp³-hybridized carbons (Fsp3) is 0.286. The Hall–Kier alpha value is -2.34. The van der Waals surface area contributed by atoms with Gasteiger partial charge in [-0.2, -0.15) is 0 Å². The van der Waals surface area contributed by atoms with E-state index in [4.69, 9.17) is 9.84 Å². The number of carboxylic acid groups (broad SMARTS) is 1. The molecule has 106 valence electrons. The number of carboxylic acids is 1. The molecule has 2 N–H and O–H groups in total. The van der Waals surface area contributed by atoms with Crippen LogP contribution in [0, 0.1) is 0 Å². The van der Waals surface area contributed by atoms with Gasteiger partial charge in [0.25, 0.3) is 0 Å². The first-order valence-electron chi connectivity index (χ1n) is 6.11. The van der Waals surface area contributed by atoms with Crippen molar-refractivity contribution in [1.82, 2.24) is 4.57 Å². The Labute approximate surface area is 115 Å². The van der Waals surface area contributed by atoms with Gasteiger partial charge in [-0.3, -0.25) is 14.2 Å². The molecule has 0 atom stereocenters. The molecule has 0 unspecified atom stereocenters. The SMILES string of the molecule is COc1cccc2c(CO)cn(C(=O)CCC(=O)O)c12. The van der Waals surface area contributed by atoms with Crippen molar-refractivity contribution in [2.45, 2.75) is 19.4 Å². The molecule has 2 aromatic rings. The van der Waals surface area contributed by atoms with Crippen LogP contribution < -0.4 is 4.74 Å². The highest BCUT2D eigenvalue weighted by atomic mass is 16.5. The maximum absolute atomic E-state index is 12.1. The zero-order chi connectivity index (χ0) is 14.7. The number of benzene rings is 1. The number of aromatic nitrogens is 1. The maximum Gasteiger partial charge on any atom is 0.303 e. The molecule has 0 saturated heterocycles. The number of methoxy groups -OCH3 is 1. The number of carbonyl (C=O) groups excluding carboxylic acids is 1. The van der Waals surface area contributed by atoms with Crippen LogP contribution in [-0.4, -0.2) is 33.8 Å². The van der Waals surface area contributed by atoms with Crippen LogP contribution in [0.5, 0.6) is 5.75 Å². The lowest BCUT2D eigenvalue weighted by Gasteiger charge is -2.07. The van der Waals surface area contributed by atoms with E-state index in [0.29, 0.717) is 16.8 Å². The Morgan fingerprint density at radius 2 is 2.05 bits per heavy atom. The molecule has 0 bridgehead atoms. The van der Waals surface area contributed by atoms with Crippen molar-refractivity contribution in [3.05, 3.63) is 30.0 Å². The van der Waals surface area contributed by atoms with Crippen LogP contribution in [0.15, 0.2) is 24.4 Å². The Balaban J connectivity index is 2.52. The second kappa shape index (κ2) is 5.75. The van der Waals surface area contributed by atoms with Crippen LogP contribution >= 0.6 is 0 Å². The van der Waals surface area contributed by atoms with Crippen molar-refractivity contribution in [3.63, 3.8) is 0 Å². The lowest BCUT2D eigenvalue weighted by atomic mass is 10.2. The zero-order valence-electron chi connectivity index (χ0n) is 11.0. The number of aliphatic carboxylic acids is 1. The normalized spacial score (nSPS) is 10.7. The monoisotopic (exact) mass is 277 g/mol. The predicted octanol–water partition coefficient (Wildman–Crippen LogP) is 1.65. The third-order valence-corrected chi connectivity index (χ3v) is 3.08. The van der Waals surface area contributed by atoms with Crippen molar-refractivity contribution in [1.29, 1.82) is 0 Å². The number of ether oxygens (including phenoxy) is 1. The van der Waals surface area contributed by atoms with E-state index in [1.807, 2.05) is 0 Å². The number of aliphatic hydroxyl groups excluding tert-OH is 1. The summed E-state index contributed by atoms with van der Waals surface area (Å²) in [5, 5.41) is 18.7. The average molecular weight is 277 g/mol. The number of hydrogen-bond acceptors (Lipinski definition) is 4. The van der Waals surface area contributed by atoms with E-state index in [0.717, 1.165) is 5.39 Å². The largest absolute Gasteiger partial charge is 0.495 e. The van der Waals surface area contributed by atoms with Crippen LogP contribution in [0.25, 0.3) is 10.9 Å². The number of nitrogens with zero attached hydrogens (tertiary/aromatic N) is 1. The molecule has 1 heterocycles. The zero-order valence-corrected chi connectivity index (χ0v) is 11.0. The molecule has 2 rings (SSSR count). The standard InChI is InChI=1S/C14H15NO5/c1-20-11-4-2-3-10-9(8-16)7-15(14(10)11)12(17)5-6-13(18)19/h2-4,7,16H,5-6,8H2,1H3,(H,18,19). The molecule has 6 nitrogen and oxygen atoms in total. The quantitative estimate of drug-likeness (QED) is 0.867. The summed E-state index contributed by atoms with van der Waals surface area (Å²) >= 11 is 0. The lowest BCUT2D eigenvalue weighted by Crippen LogP contribution is -2.11. The summed E-state index contributed by atoms with van der Waals surface area (Å²) in [7, 11) is 1.49. The molecule has 0 aliphatic heterocycles. The molecule has 1 aromatic carbocycles. The molecule has 0 radical (unpaired) electrons. The van der Waals surface area contributed by atoms with Crippen molar-refractivity contribution in [2.75, 3.05) is 7.11 Å². The summed E-state index contributed by atoms with van der Waals surface area (Å²) < 4.78 is 6.58. The van der Waals surface area contributed by atoms with Gasteiger partial charge < -0.3 is 14.9 Å². The number of rotatable bonds is 5. The highest BCUT2D eigenvalue weighted by Crippen LogP contribution is 2.30. The highest BCUT2D eigenvalue weighted by molar-refractivity contribution is 5.98. The number of carbonyl (C=O) groups is 2. The van der Waals surface area contributed by atoms with Gasteiger partial charge in [0.05, 0.1) is 25.7 Å². The van der Waals surface area contributed by atoms with Gasteiger partial charge in [-0.15, -0.1) is 0 Å². The molecule has 0 fully saturated rings. The van der Waals surface area contributed by atoms with E-state index in [9.17, 15) is 14.7 Å². The van der Waals surface area contributed by atoms with E-state index < -0.39 is 5.97 Å². The van der Waals surface area contributed by atoms with Crippen LogP contribution in [0.4, 0.5) is 0 Å². The number of fused-ring (bicyclic) bond motifs is 1. The van der Waals surface area contributed by atoms with E-state index in [1.165, 1.54) is 17.9 Å².